The Morgan fingerprint density at radius 2 is 1.87 bits per heavy atom. The van der Waals surface area contributed by atoms with Crippen molar-refractivity contribution >= 4 is 23.2 Å². The van der Waals surface area contributed by atoms with Gasteiger partial charge in [-0.1, -0.05) is 31.2 Å². The molecule has 0 unspecified atom stereocenters. The lowest BCUT2D eigenvalue weighted by Gasteiger charge is -2.39. The average molecular weight is 412 g/mol. The number of likely N-dealkylation sites (tertiary alicyclic amines) is 1. The van der Waals surface area contributed by atoms with Crippen molar-refractivity contribution in [1.29, 1.82) is 0 Å². The van der Waals surface area contributed by atoms with Crippen LogP contribution in [-0.4, -0.2) is 42.4 Å². The number of halogens is 1. The van der Waals surface area contributed by atoms with Crippen molar-refractivity contribution in [2.75, 3.05) is 29.9 Å². The Balaban J connectivity index is 1.66. The Bertz CT molecular complexity index is 878. The lowest BCUT2D eigenvalue weighted by Crippen LogP contribution is -2.48. The third-order valence-corrected chi connectivity index (χ3v) is 5.57. The number of carbonyl (C=O) groups is 2. The lowest BCUT2D eigenvalue weighted by atomic mass is 10.0. The van der Waals surface area contributed by atoms with Gasteiger partial charge in [0.05, 0.1) is 11.4 Å². The second kappa shape index (κ2) is 10.3. The predicted molar refractivity (Wildman–Crippen MR) is 118 cm³/mol. The molecule has 30 heavy (non-hydrogen) atoms. The van der Waals surface area contributed by atoms with E-state index >= 15 is 0 Å². The standard InChI is InChI=1S/C24H30FN3O2/c1-3-24(30)28(23-10-5-4-9-22(23)26-18(2)29)21-12-15-27(16-13-21)14-11-19-7-6-8-20(25)17-19/h4-10,17,21H,3,11-16H2,1-2H3,(H,26,29). The second-order valence-electron chi connectivity index (χ2n) is 7.77. The van der Waals surface area contributed by atoms with Gasteiger partial charge in [-0.25, -0.2) is 4.39 Å². The molecule has 0 atom stereocenters. The fraction of sp³-hybridized carbons (Fsp3) is 0.417. The fourth-order valence-corrected chi connectivity index (χ4v) is 4.06. The number of anilines is 2. The van der Waals surface area contributed by atoms with Gasteiger partial charge in [-0.3, -0.25) is 9.59 Å². The van der Waals surface area contributed by atoms with Gasteiger partial charge in [0.25, 0.3) is 0 Å². The zero-order valence-electron chi connectivity index (χ0n) is 17.7. The van der Waals surface area contributed by atoms with Crippen LogP contribution in [0.25, 0.3) is 0 Å². The molecular formula is C24H30FN3O2. The minimum atomic E-state index is -0.197. The first-order valence-electron chi connectivity index (χ1n) is 10.6. The molecule has 2 aromatic rings. The van der Waals surface area contributed by atoms with E-state index < -0.39 is 0 Å². The van der Waals surface area contributed by atoms with E-state index in [1.54, 1.807) is 12.1 Å². The van der Waals surface area contributed by atoms with Gasteiger partial charge >= 0.3 is 0 Å². The summed E-state index contributed by atoms with van der Waals surface area (Å²) in [5.41, 5.74) is 2.43. The van der Waals surface area contributed by atoms with Gasteiger partial charge in [0.1, 0.15) is 5.82 Å². The Labute approximate surface area is 177 Å². The number of hydrogen-bond acceptors (Lipinski definition) is 3. The Morgan fingerprint density at radius 3 is 2.53 bits per heavy atom. The van der Waals surface area contributed by atoms with Crippen LogP contribution in [0.4, 0.5) is 15.8 Å². The first-order chi connectivity index (χ1) is 14.5. The van der Waals surface area contributed by atoms with Crippen LogP contribution in [0, 0.1) is 5.82 Å². The van der Waals surface area contributed by atoms with Crippen LogP contribution >= 0.6 is 0 Å². The molecule has 0 radical (unpaired) electrons. The molecule has 1 aliphatic rings. The number of rotatable bonds is 7. The van der Waals surface area contributed by atoms with Gasteiger partial charge in [-0.15, -0.1) is 0 Å². The summed E-state index contributed by atoms with van der Waals surface area (Å²) < 4.78 is 13.4. The van der Waals surface area contributed by atoms with Crippen LogP contribution in [0.2, 0.25) is 0 Å². The zero-order chi connectivity index (χ0) is 21.5. The highest BCUT2D eigenvalue weighted by Gasteiger charge is 2.29. The van der Waals surface area contributed by atoms with Gasteiger partial charge in [0.2, 0.25) is 11.8 Å². The van der Waals surface area contributed by atoms with Crippen LogP contribution in [0.1, 0.15) is 38.7 Å². The highest BCUT2D eigenvalue weighted by atomic mass is 19.1. The monoisotopic (exact) mass is 411 g/mol. The van der Waals surface area contributed by atoms with Crippen LogP contribution in [0.15, 0.2) is 48.5 Å². The molecule has 1 N–H and O–H groups in total. The van der Waals surface area contributed by atoms with Crippen molar-refractivity contribution in [1.82, 2.24) is 4.90 Å². The molecule has 1 aliphatic heterocycles. The maximum atomic E-state index is 13.4. The molecule has 3 rings (SSSR count). The number of benzene rings is 2. The minimum absolute atomic E-state index is 0.0611. The molecule has 0 aromatic heterocycles. The molecule has 2 aromatic carbocycles. The minimum Gasteiger partial charge on any atom is -0.325 e. The zero-order valence-corrected chi connectivity index (χ0v) is 17.7. The van der Waals surface area contributed by atoms with E-state index in [0.717, 1.165) is 50.1 Å². The summed E-state index contributed by atoms with van der Waals surface area (Å²) in [5, 5.41) is 2.85. The van der Waals surface area contributed by atoms with Crippen molar-refractivity contribution < 1.29 is 14.0 Å². The van der Waals surface area contributed by atoms with E-state index in [-0.39, 0.29) is 23.7 Å². The SMILES string of the molecule is CCC(=O)N(c1ccccc1NC(C)=O)C1CCN(CCc2cccc(F)c2)CC1. The average Bonchev–Trinajstić information content (AvgIpc) is 2.74. The summed E-state index contributed by atoms with van der Waals surface area (Å²) in [6.07, 6.45) is 2.95. The van der Waals surface area contributed by atoms with Crippen LogP contribution in [0.5, 0.6) is 0 Å². The van der Waals surface area contributed by atoms with Crippen molar-refractivity contribution in [2.45, 2.75) is 45.6 Å². The molecule has 1 heterocycles. The van der Waals surface area contributed by atoms with Gasteiger partial charge in [-0.05, 0) is 49.1 Å². The number of hydrogen-bond donors (Lipinski definition) is 1. The highest BCUT2D eigenvalue weighted by molar-refractivity contribution is 6.00. The molecule has 0 saturated carbocycles. The number of para-hydroxylation sites is 2. The summed E-state index contributed by atoms with van der Waals surface area (Å²) >= 11 is 0. The third kappa shape index (κ3) is 5.66. The van der Waals surface area contributed by atoms with E-state index in [9.17, 15) is 14.0 Å². The van der Waals surface area contributed by atoms with E-state index in [1.165, 1.54) is 13.0 Å². The molecule has 0 aliphatic carbocycles. The maximum absolute atomic E-state index is 13.4. The molecule has 160 valence electrons. The summed E-state index contributed by atoms with van der Waals surface area (Å²) in [4.78, 5) is 28.7. The fourth-order valence-electron chi connectivity index (χ4n) is 4.06. The smallest absolute Gasteiger partial charge is 0.227 e. The predicted octanol–water partition coefficient (Wildman–Crippen LogP) is 4.23. The van der Waals surface area contributed by atoms with E-state index in [0.29, 0.717) is 12.1 Å². The van der Waals surface area contributed by atoms with Crippen molar-refractivity contribution in [2.24, 2.45) is 0 Å². The topological polar surface area (TPSA) is 52.7 Å². The highest BCUT2D eigenvalue weighted by Crippen LogP contribution is 2.31. The quantitative estimate of drug-likeness (QED) is 0.742. The van der Waals surface area contributed by atoms with Gasteiger partial charge in [-0.2, -0.15) is 0 Å². The van der Waals surface area contributed by atoms with Crippen LogP contribution in [-0.2, 0) is 16.0 Å². The molecule has 0 spiro atoms. The largest absolute Gasteiger partial charge is 0.325 e. The number of piperidine rings is 1. The van der Waals surface area contributed by atoms with Crippen molar-refractivity contribution in [3.63, 3.8) is 0 Å². The number of amides is 2. The lowest BCUT2D eigenvalue weighted by molar-refractivity contribution is -0.119. The Hall–Kier alpha value is -2.73. The molecule has 1 saturated heterocycles. The maximum Gasteiger partial charge on any atom is 0.227 e. The molecule has 5 nitrogen and oxygen atoms in total. The van der Waals surface area contributed by atoms with Gasteiger partial charge < -0.3 is 15.1 Å². The van der Waals surface area contributed by atoms with Crippen LogP contribution < -0.4 is 10.2 Å². The first kappa shape index (κ1) is 22.0. The third-order valence-electron chi connectivity index (χ3n) is 5.57. The van der Waals surface area contributed by atoms with Crippen LogP contribution in [0.3, 0.4) is 0 Å². The van der Waals surface area contributed by atoms with Gasteiger partial charge in [0.15, 0.2) is 0 Å². The Kier molecular flexibility index (Phi) is 7.57. The summed E-state index contributed by atoms with van der Waals surface area (Å²) in [6, 6.07) is 14.3. The summed E-state index contributed by atoms with van der Waals surface area (Å²) in [6.45, 7) is 5.98. The number of nitrogens with one attached hydrogen (secondary N) is 1. The summed E-state index contributed by atoms with van der Waals surface area (Å²) in [7, 11) is 0. The van der Waals surface area contributed by atoms with E-state index in [1.807, 2.05) is 42.2 Å². The Morgan fingerprint density at radius 1 is 1.13 bits per heavy atom. The number of carbonyl (C=O) groups excluding carboxylic acids is 2. The molecule has 1 fully saturated rings. The van der Waals surface area contributed by atoms with Crippen molar-refractivity contribution in [3.05, 3.63) is 59.9 Å². The van der Waals surface area contributed by atoms with Gasteiger partial charge in [0, 0.05) is 39.0 Å². The molecule has 6 heteroatoms. The normalized spacial score (nSPS) is 15.0. The number of nitrogens with zero attached hydrogens (tertiary/aromatic N) is 2. The summed E-state index contributed by atoms with van der Waals surface area (Å²) in [5.74, 6) is -0.290. The second-order valence-corrected chi connectivity index (χ2v) is 7.77. The van der Waals surface area contributed by atoms with Crippen molar-refractivity contribution in [3.8, 4) is 0 Å². The molecule has 0 bridgehead atoms. The molecular weight excluding hydrogens is 381 g/mol. The van der Waals surface area contributed by atoms with E-state index in [4.69, 9.17) is 0 Å². The first-order valence-corrected chi connectivity index (χ1v) is 10.6. The molecule has 2 amide bonds. The van der Waals surface area contributed by atoms with E-state index in [2.05, 4.69) is 10.2 Å².